The molecule has 3 aliphatic rings. The van der Waals surface area contributed by atoms with Crippen LogP contribution in [0.5, 0.6) is 0 Å². The highest BCUT2D eigenvalue weighted by Gasteiger charge is 2.58. The molecule has 12 heteroatoms. The van der Waals surface area contributed by atoms with Gasteiger partial charge < -0.3 is 9.80 Å². The Morgan fingerprint density at radius 3 is 2.50 bits per heavy atom. The Hall–Kier alpha value is -2.47. The van der Waals surface area contributed by atoms with Crippen LogP contribution in [-0.2, 0) is 16.0 Å². The van der Waals surface area contributed by atoms with E-state index in [9.17, 15) is 21.6 Å². The molecule has 0 N–H and O–H groups in total. The number of alkyl halides is 3. The highest BCUT2D eigenvalue weighted by Crippen LogP contribution is 2.54. The third kappa shape index (κ3) is 3.62. The minimum Gasteiger partial charge on any atom is -0.364 e. The van der Waals surface area contributed by atoms with Crippen molar-refractivity contribution in [3.05, 3.63) is 36.3 Å². The molecule has 2 aromatic heterocycles. The molecule has 3 atom stereocenters. The van der Waals surface area contributed by atoms with Crippen molar-refractivity contribution in [2.75, 3.05) is 35.2 Å². The van der Waals surface area contributed by atoms with Crippen LogP contribution in [0, 0.1) is 17.8 Å². The molecule has 3 fully saturated rings. The average Bonchev–Trinajstić information content (AvgIpc) is 3.15. The van der Waals surface area contributed by atoms with Crippen LogP contribution in [-0.4, -0.2) is 54.8 Å². The molecular formula is C22H22F3N5O2S2. The van der Waals surface area contributed by atoms with Crippen LogP contribution in [0.25, 0.3) is 10.2 Å². The number of anilines is 2. The predicted molar refractivity (Wildman–Crippen MR) is 123 cm³/mol. The number of hydrogen-bond donors (Lipinski definition) is 0. The van der Waals surface area contributed by atoms with Gasteiger partial charge in [-0.1, -0.05) is 12.1 Å². The van der Waals surface area contributed by atoms with Gasteiger partial charge in [0.25, 0.3) is 0 Å². The summed E-state index contributed by atoms with van der Waals surface area (Å²) in [7, 11) is -3.53. The fourth-order valence-corrected chi connectivity index (χ4v) is 8.25. The van der Waals surface area contributed by atoms with Crippen LogP contribution in [0.4, 0.5) is 24.7 Å². The van der Waals surface area contributed by atoms with E-state index in [2.05, 4.69) is 15.0 Å². The van der Waals surface area contributed by atoms with Gasteiger partial charge in [0.2, 0.25) is 20.0 Å². The van der Waals surface area contributed by atoms with E-state index in [1.165, 1.54) is 17.5 Å². The van der Waals surface area contributed by atoms with Gasteiger partial charge in [-0.15, -0.1) is 11.3 Å². The highest BCUT2D eigenvalue weighted by molar-refractivity contribution is 7.93. The molecule has 1 saturated carbocycles. The number of aromatic nitrogens is 3. The predicted octanol–water partition coefficient (Wildman–Crippen LogP) is 3.86. The summed E-state index contributed by atoms with van der Waals surface area (Å²) in [6, 6.07) is 7.54. The smallest absolute Gasteiger partial charge is 0.364 e. The van der Waals surface area contributed by atoms with Gasteiger partial charge in [-0.25, -0.2) is 23.4 Å². The zero-order valence-electron chi connectivity index (χ0n) is 18.2. The van der Waals surface area contributed by atoms with E-state index in [1.807, 2.05) is 34.9 Å². The standard InChI is InChI=1S/C22H22F3N5O2S2/c1-12-6-7-30(12)17-8-26-20(22(23,24)25)28-19(17)29-9-13-14(10-29)15(13)11-34(31,32)21-27-16-4-2-3-5-18(16)33-21/h2-5,8,12-15H,6-7,9-11H2,1H3/t12-,13?,14?,15?/m0/s1. The van der Waals surface area contributed by atoms with Crippen molar-refractivity contribution in [1.29, 1.82) is 0 Å². The number of benzene rings is 1. The minimum atomic E-state index is -4.62. The monoisotopic (exact) mass is 509 g/mol. The van der Waals surface area contributed by atoms with Gasteiger partial charge >= 0.3 is 6.18 Å². The fraction of sp³-hybridized carbons (Fsp3) is 0.500. The molecule has 1 aromatic carbocycles. The maximum Gasteiger partial charge on any atom is 0.451 e. The molecule has 7 nitrogen and oxygen atoms in total. The second kappa shape index (κ2) is 7.51. The quantitative estimate of drug-likeness (QED) is 0.517. The molecule has 180 valence electrons. The van der Waals surface area contributed by atoms with Crippen molar-refractivity contribution in [3.63, 3.8) is 0 Å². The van der Waals surface area contributed by atoms with E-state index < -0.39 is 21.8 Å². The zero-order chi connectivity index (χ0) is 23.8. The number of nitrogens with zero attached hydrogens (tertiary/aromatic N) is 5. The summed E-state index contributed by atoms with van der Waals surface area (Å²) < 4.78 is 66.9. The summed E-state index contributed by atoms with van der Waals surface area (Å²) in [5.74, 6) is -0.596. The number of hydrogen-bond acceptors (Lipinski definition) is 8. The molecule has 2 aliphatic heterocycles. The van der Waals surface area contributed by atoms with Crippen molar-refractivity contribution in [2.45, 2.75) is 29.9 Å². The lowest BCUT2D eigenvalue weighted by molar-refractivity contribution is -0.144. The molecule has 0 radical (unpaired) electrons. The lowest BCUT2D eigenvalue weighted by atomic mass is 10.0. The van der Waals surface area contributed by atoms with Crippen LogP contribution < -0.4 is 9.80 Å². The first-order valence-electron chi connectivity index (χ1n) is 11.2. The summed E-state index contributed by atoms with van der Waals surface area (Å²) in [4.78, 5) is 15.7. The van der Waals surface area contributed by atoms with Gasteiger partial charge in [0.1, 0.15) is 0 Å². The lowest BCUT2D eigenvalue weighted by Gasteiger charge is -2.42. The summed E-state index contributed by atoms with van der Waals surface area (Å²) in [6.07, 6.45) is -2.37. The molecular weight excluding hydrogens is 487 g/mol. The number of rotatable bonds is 5. The number of para-hydroxylation sites is 1. The first-order valence-corrected chi connectivity index (χ1v) is 13.6. The molecule has 6 rings (SSSR count). The Balaban J connectivity index is 1.20. The lowest BCUT2D eigenvalue weighted by Crippen LogP contribution is -2.47. The molecule has 34 heavy (non-hydrogen) atoms. The first-order chi connectivity index (χ1) is 16.1. The van der Waals surface area contributed by atoms with Gasteiger partial charge in [0.15, 0.2) is 5.82 Å². The maximum absolute atomic E-state index is 13.3. The van der Waals surface area contributed by atoms with Crippen molar-refractivity contribution in [2.24, 2.45) is 17.8 Å². The summed E-state index contributed by atoms with van der Waals surface area (Å²) in [5, 5.41) is 0. The Morgan fingerprint density at radius 2 is 1.88 bits per heavy atom. The van der Waals surface area contributed by atoms with Crippen LogP contribution in [0.15, 0.2) is 34.8 Å². The summed E-state index contributed by atoms with van der Waals surface area (Å²) in [6.45, 7) is 3.77. The van der Waals surface area contributed by atoms with Crippen LogP contribution in [0.1, 0.15) is 19.2 Å². The number of halogens is 3. The van der Waals surface area contributed by atoms with Crippen molar-refractivity contribution < 1.29 is 21.6 Å². The van der Waals surface area contributed by atoms with Gasteiger partial charge in [-0.3, -0.25) is 0 Å². The minimum absolute atomic E-state index is 0.0106. The molecule has 0 amide bonds. The SMILES string of the molecule is C[C@H]1CCN1c1cnc(C(F)(F)F)nc1N1CC2C(C1)C2CS(=O)(=O)c1nc2ccccc2s1. The third-order valence-electron chi connectivity index (χ3n) is 7.26. The average molecular weight is 510 g/mol. The van der Waals surface area contributed by atoms with E-state index in [-0.39, 0.29) is 33.9 Å². The largest absolute Gasteiger partial charge is 0.451 e. The summed E-state index contributed by atoms with van der Waals surface area (Å²) >= 11 is 1.18. The van der Waals surface area contributed by atoms with E-state index in [4.69, 9.17) is 0 Å². The molecule has 2 saturated heterocycles. The first kappa shape index (κ1) is 22.0. The van der Waals surface area contributed by atoms with E-state index in [0.717, 1.165) is 17.7 Å². The number of fused-ring (bicyclic) bond motifs is 2. The zero-order valence-corrected chi connectivity index (χ0v) is 19.9. The molecule has 0 bridgehead atoms. The van der Waals surface area contributed by atoms with Crippen molar-refractivity contribution >= 4 is 42.9 Å². The second-order valence-corrected chi connectivity index (χ2v) is 12.6. The topological polar surface area (TPSA) is 79.3 Å². The second-order valence-electron chi connectivity index (χ2n) is 9.36. The van der Waals surface area contributed by atoms with Gasteiger partial charge in [-0.2, -0.15) is 13.2 Å². The highest BCUT2D eigenvalue weighted by atomic mass is 32.2. The number of sulfone groups is 1. The molecule has 1 aliphatic carbocycles. The van der Waals surface area contributed by atoms with Gasteiger partial charge in [0.05, 0.1) is 27.9 Å². The number of piperidine rings is 1. The Bertz CT molecular complexity index is 1330. The summed E-state index contributed by atoms with van der Waals surface area (Å²) in [5.41, 5.74) is 1.29. The van der Waals surface area contributed by atoms with Crippen molar-refractivity contribution in [1.82, 2.24) is 15.0 Å². The van der Waals surface area contributed by atoms with E-state index >= 15 is 0 Å². The van der Waals surface area contributed by atoms with Gasteiger partial charge in [0, 0.05) is 25.7 Å². The van der Waals surface area contributed by atoms with Gasteiger partial charge in [-0.05, 0) is 43.2 Å². The molecule has 0 spiro atoms. The van der Waals surface area contributed by atoms with Crippen LogP contribution in [0.2, 0.25) is 0 Å². The molecule has 4 heterocycles. The van der Waals surface area contributed by atoms with Crippen LogP contribution in [0.3, 0.4) is 0 Å². The third-order valence-corrected chi connectivity index (χ3v) is 10.5. The molecule has 2 unspecified atom stereocenters. The normalized spacial score (nSPS) is 26.6. The Morgan fingerprint density at radius 1 is 1.15 bits per heavy atom. The van der Waals surface area contributed by atoms with E-state index in [0.29, 0.717) is 30.1 Å². The van der Waals surface area contributed by atoms with Crippen molar-refractivity contribution in [3.8, 4) is 0 Å². The molecule has 3 aromatic rings. The number of thiazole rings is 1. The van der Waals surface area contributed by atoms with Crippen LogP contribution >= 0.6 is 11.3 Å². The van der Waals surface area contributed by atoms with E-state index in [1.54, 1.807) is 6.07 Å². The maximum atomic E-state index is 13.3. The Labute approximate surface area is 198 Å². The fourth-order valence-electron chi connectivity index (χ4n) is 5.19. The Kier molecular flexibility index (Phi) is 4.87.